The summed E-state index contributed by atoms with van der Waals surface area (Å²) in [5, 5.41) is 9.81. The number of carbonyl (C=O) groups is 1. The van der Waals surface area contributed by atoms with E-state index in [0.717, 1.165) is 25.9 Å². The lowest BCUT2D eigenvalue weighted by Gasteiger charge is -2.40. The van der Waals surface area contributed by atoms with Crippen LogP contribution in [0.1, 0.15) is 33.6 Å². The maximum atomic E-state index is 12.4. The highest BCUT2D eigenvalue weighted by atomic mass is 16.3. The van der Waals surface area contributed by atoms with E-state index < -0.39 is 11.1 Å². The lowest BCUT2D eigenvalue weighted by Crippen LogP contribution is -2.60. The van der Waals surface area contributed by atoms with Gasteiger partial charge in [0.25, 0.3) is 0 Å². The monoisotopic (exact) mass is 269 g/mol. The van der Waals surface area contributed by atoms with Gasteiger partial charge in [0, 0.05) is 32.7 Å². The number of piperazine rings is 1. The third kappa shape index (κ3) is 3.68. The molecule has 1 saturated heterocycles. The number of hydrogen-bond donors (Lipinski definition) is 2. The van der Waals surface area contributed by atoms with Crippen molar-refractivity contribution in [2.24, 2.45) is 11.7 Å². The molecule has 0 aromatic carbocycles. The van der Waals surface area contributed by atoms with Gasteiger partial charge in [-0.25, -0.2) is 0 Å². The van der Waals surface area contributed by atoms with Crippen molar-refractivity contribution in [1.82, 2.24) is 9.80 Å². The van der Waals surface area contributed by atoms with Gasteiger partial charge in [-0.05, 0) is 39.5 Å². The first-order chi connectivity index (χ1) is 8.70. The Bertz CT molecular complexity index is 337. The van der Waals surface area contributed by atoms with Gasteiger partial charge in [-0.3, -0.25) is 9.69 Å². The summed E-state index contributed by atoms with van der Waals surface area (Å²) in [6, 6.07) is 0. The van der Waals surface area contributed by atoms with Crippen LogP contribution in [0, 0.1) is 5.92 Å². The normalized spacial score (nSPS) is 25.2. The average Bonchev–Trinajstić information content (AvgIpc) is 3.11. The van der Waals surface area contributed by atoms with Gasteiger partial charge < -0.3 is 15.7 Å². The molecule has 1 aliphatic heterocycles. The smallest absolute Gasteiger partial charge is 0.242 e. The number of hydrogen-bond acceptors (Lipinski definition) is 4. The van der Waals surface area contributed by atoms with E-state index in [0.29, 0.717) is 25.6 Å². The summed E-state index contributed by atoms with van der Waals surface area (Å²) < 4.78 is 0. The van der Waals surface area contributed by atoms with Crippen molar-refractivity contribution in [3.8, 4) is 0 Å². The minimum absolute atomic E-state index is 0.0953. The van der Waals surface area contributed by atoms with Crippen LogP contribution in [-0.2, 0) is 4.79 Å². The number of β-amino-alcohol motifs (C(OH)–C–C–N with tert-alkyl or cyclic N) is 1. The molecule has 1 atom stereocenters. The van der Waals surface area contributed by atoms with Crippen LogP contribution in [0.5, 0.6) is 0 Å². The number of rotatable bonds is 4. The Morgan fingerprint density at radius 3 is 2.16 bits per heavy atom. The Hall–Kier alpha value is -0.650. The molecule has 2 aliphatic rings. The highest BCUT2D eigenvalue weighted by Gasteiger charge is 2.46. The van der Waals surface area contributed by atoms with Crippen LogP contribution < -0.4 is 5.73 Å². The summed E-state index contributed by atoms with van der Waals surface area (Å²) in [7, 11) is 0. The highest BCUT2D eigenvalue weighted by molar-refractivity contribution is 5.86. The fraction of sp³-hybridized carbons (Fsp3) is 0.929. The number of amides is 1. The minimum Gasteiger partial charge on any atom is -0.389 e. The molecule has 0 aromatic rings. The molecule has 2 rings (SSSR count). The van der Waals surface area contributed by atoms with Gasteiger partial charge >= 0.3 is 0 Å². The Labute approximate surface area is 115 Å². The Morgan fingerprint density at radius 1 is 1.21 bits per heavy atom. The van der Waals surface area contributed by atoms with Crippen LogP contribution in [0.2, 0.25) is 0 Å². The van der Waals surface area contributed by atoms with Crippen LogP contribution in [0.15, 0.2) is 0 Å². The molecule has 5 heteroatoms. The van der Waals surface area contributed by atoms with E-state index in [1.54, 1.807) is 0 Å². The zero-order valence-corrected chi connectivity index (χ0v) is 12.4. The molecule has 5 nitrogen and oxygen atoms in total. The number of nitrogens with zero attached hydrogens (tertiary/aromatic N) is 2. The molecule has 0 radical (unpaired) electrons. The molecule has 110 valence electrons. The van der Waals surface area contributed by atoms with E-state index in [4.69, 9.17) is 5.73 Å². The number of nitrogens with two attached hydrogens (primary N) is 1. The summed E-state index contributed by atoms with van der Waals surface area (Å²) >= 11 is 0. The second-order valence-corrected chi connectivity index (χ2v) is 6.94. The summed E-state index contributed by atoms with van der Waals surface area (Å²) in [6.45, 7) is 9.21. The van der Waals surface area contributed by atoms with E-state index in [-0.39, 0.29) is 5.91 Å². The van der Waals surface area contributed by atoms with Gasteiger partial charge in [0.15, 0.2) is 0 Å². The molecular formula is C14H27N3O2. The fourth-order valence-electron chi connectivity index (χ4n) is 2.85. The predicted molar refractivity (Wildman–Crippen MR) is 74.6 cm³/mol. The molecule has 2 fully saturated rings. The maximum Gasteiger partial charge on any atom is 0.242 e. The predicted octanol–water partition coefficient (Wildman–Crippen LogP) is 0.0289. The summed E-state index contributed by atoms with van der Waals surface area (Å²) in [5.74, 6) is 0.465. The maximum absolute atomic E-state index is 12.4. The Balaban J connectivity index is 1.84. The molecule has 0 aromatic heterocycles. The van der Waals surface area contributed by atoms with Crippen molar-refractivity contribution in [1.29, 1.82) is 0 Å². The largest absolute Gasteiger partial charge is 0.389 e. The van der Waals surface area contributed by atoms with Crippen molar-refractivity contribution in [2.45, 2.75) is 44.8 Å². The van der Waals surface area contributed by atoms with Crippen LogP contribution in [0.4, 0.5) is 0 Å². The first kappa shape index (κ1) is 14.8. The van der Waals surface area contributed by atoms with Gasteiger partial charge in [-0.1, -0.05) is 0 Å². The fourth-order valence-corrected chi connectivity index (χ4v) is 2.85. The third-order valence-electron chi connectivity index (χ3n) is 4.16. The first-order valence-electron chi connectivity index (χ1n) is 7.23. The van der Waals surface area contributed by atoms with Crippen molar-refractivity contribution >= 4 is 5.91 Å². The second-order valence-electron chi connectivity index (χ2n) is 6.94. The topological polar surface area (TPSA) is 69.8 Å². The molecule has 0 spiro atoms. The van der Waals surface area contributed by atoms with Gasteiger partial charge in [-0.2, -0.15) is 0 Å². The second kappa shape index (κ2) is 5.04. The zero-order valence-electron chi connectivity index (χ0n) is 12.4. The third-order valence-corrected chi connectivity index (χ3v) is 4.16. The van der Waals surface area contributed by atoms with E-state index in [1.807, 2.05) is 25.7 Å². The highest BCUT2D eigenvalue weighted by Crippen LogP contribution is 2.39. The molecule has 1 amide bonds. The number of carbonyl (C=O) groups excluding carboxylic acids is 1. The molecule has 19 heavy (non-hydrogen) atoms. The van der Waals surface area contributed by atoms with E-state index >= 15 is 0 Å². The molecule has 1 saturated carbocycles. The Kier molecular flexibility index (Phi) is 3.91. The van der Waals surface area contributed by atoms with Crippen molar-refractivity contribution in [3.63, 3.8) is 0 Å². The van der Waals surface area contributed by atoms with Crippen LogP contribution >= 0.6 is 0 Å². The van der Waals surface area contributed by atoms with Crippen molar-refractivity contribution in [3.05, 3.63) is 0 Å². The summed E-state index contributed by atoms with van der Waals surface area (Å²) in [4.78, 5) is 16.5. The van der Waals surface area contributed by atoms with Gasteiger partial charge in [0.05, 0.1) is 11.1 Å². The van der Waals surface area contributed by atoms with Gasteiger partial charge in [-0.15, -0.1) is 0 Å². The van der Waals surface area contributed by atoms with Crippen LogP contribution in [0.3, 0.4) is 0 Å². The Morgan fingerprint density at radius 2 is 1.74 bits per heavy atom. The lowest BCUT2D eigenvalue weighted by molar-refractivity contribution is -0.139. The SMILES string of the molecule is CC(C)(O)CN1CCN(C(=O)C(C)(N)C2CC2)CC1. The van der Waals surface area contributed by atoms with Gasteiger partial charge in [0.1, 0.15) is 0 Å². The molecule has 1 unspecified atom stereocenters. The summed E-state index contributed by atoms with van der Waals surface area (Å²) in [5.41, 5.74) is 4.83. The average molecular weight is 269 g/mol. The summed E-state index contributed by atoms with van der Waals surface area (Å²) in [6.07, 6.45) is 2.16. The van der Waals surface area contributed by atoms with E-state index in [2.05, 4.69) is 4.90 Å². The van der Waals surface area contributed by atoms with Crippen LogP contribution in [0.25, 0.3) is 0 Å². The lowest BCUT2D eigenvalue weighted by atomic mass is 9.95. The first-order valence-corrected chi connectivity index (χ1v) is 7.23. The number of aliphatic hydroxyl groups is 1. The molecule has 1 aliphatic carbocycles. The molecular weight excluding hydrogens is 242 g/mol. The zero-order chi connectivity index (χ0) is 14.3. The van der Waals surface area contributed by atoms with Crippen molar-refractivity contribution < 1.29 is 9.90 Å². The van der Waals surface area contributed by atoms with E-state index in [9.17, 15) is 9.90 Å². The molecule has 0 bridgehead atoms. The van der Waals surface area contributed by atoms with Crippen LogP contribution in [-0.4, -0.2) is 64.7 Å². The van der Waals surface area contributed by atoms with Gasteiger partial charge in [0.2, 0.25) is 5.91 Å². The molecule has 1 heterocycles. The minimum atomic E-state index is -0.682. The quantitative estimate of drug-likeness (QED) is 0.755. The van der Waals surface area contributed by atoms with Crippen molar-refractivity contribution in [2.75, 3.05) is 32.7 Å². The standard InChI is InChI=1S/C14H27N3O2/c1-13(2,19)10-16-6-8-17(9-7-16)12(18)14(3,15)11-4-5-11/h11,19H,4-10,15H2,1-3H3. The van der Waals surface area contributed by atoms with E-state index in [1.165, 1.54) is 0 Å². The molecule has 3 N–H and O–H groups in total.